The number of fused-ring (bicyclic) bond motifs is 1. The standard InChI is InChI=1S/C21H27NO2S/c1-4-20(19-12-11-17-7-5-6-8-18(17)14-19)22-25(23,24)21-13-15(2)9-10-16(21)3/h9-14,20,22H,4-8H2,1-3H3/t20-/m0/s1. The second-order valence-electron chi connectivity index (χ2n) is 7.09. The van der Waals surface area contributed by atoms with Gasteiger partial charge in [0.2, 0.25) is 10.0 Å². The molecule has 1 N–H and O–H groups in total. The fourth-order valence-corrected chi connectivity index (χ4v) is 5.24. The second kappa shape index (κ2) is 7.30. The Balaban J connectivity index is 1.90. The van der Waals surface area contributed by atoms with Crippen molar-refractivity contribution < 1.29 is 8.42 Å². The summed E-state index contributed by atoms with van der Waals surface area (Å²) in [6, 6.07) is 11.8. The topological polar surface area (TPSA) is 46.2 Å². The highest BCUT2D eigenvalue weighted by molar-refractivity contribution is 7.89. The molecule has 0 unspecified atom stereocenters. The maximum atomic E-state index is 12.9. The molecule has 1 aliphatic carbocycles. The van der Waals surface area contributed by atoms with Crippen LogP contribution in [0.1, 0.15) is 60.0 Å². The minimum absolute atomic E-state index is 0.197. The van der Waals surface area contributed by atoms with Gasteiger partial charge in [-0.3, -0.25) is 0 Å². The molecule has 2 aromatic carbocycles. The van der Waals surface area contributed by atoms with Crippen LogP contribution in [-0.4, -0.2) is 8.42 Å². The van der Waals surface area contributed by atoms with E-state index in [1.807, 2.05) is 32.9 Å². The molecule has 0 aliphatic heterocycles. The van der Waals surface area contributed by atoms with Gasteiger partial charge in [0.15, 0.2) is 0 Å². The monoisotopic (exact) mass is 357 g/mol. The molecular weight excluding hydrogens is 330 g/mol. The summed E-state index contributed by atoms with van der Waals surface area (Å²) >= 11 is 0. The fourth-order valence-electron chi connectivity index (χ4n) is 3.60. The van der Waals surface area contributed by atoms with Gasteiger partial charge in [0.25, 0.3) is 0 Å². The number of nitrogens with one attached hydrogen (secondary N) is 1. The van der Waals surface area contributed by atoms with E-state index in [2.05, 4.69) is 22.9 Å². The van der Waals surface area contributed by atoms with E-state index in [1.165, 1.54) is 24.0 Å². The molecule has 1 aliphatic rings. The normalized spacial score (nSPS) is 15.6. The van der Waals surface area contributed by atoms with Crippen molar-refractivity contribution in [2.45, 2.75) is 63.8 Å². The third kappa shape index (κ3) is 3.96. The first kappa shape index (κ1) is 18.2. The van der Waals surface area contributed by atoms with Crippen molar-refractivity contribution in [3.05, 3.63) is 64.2 Å². The zero-order chi connectivity index (χ0) is 18.0. The van der Waals surface area contributed by atoms with Crippen molar-refractivity contribution in [2.24, 2.45) is 0 Å². The third-order valence-corrected chi connectivity index (χ3v) is 6.73. The van der Waals surface area contributed by atoms with E-state index in [0.29, 0.717) is 4.90 Å². The van der Waals surface area contributed by atoms with Gasteiger partial charge >= 0.3 is 0 Å². The number of hydrogen-bond donors (Lipinski definition) is 1. The Labute approximate surface area is 151 Å². The Kier molecular flexibility index (Phi) is 5.30. The van der Waals surface area contributed by atoms with Crippen molar-refractivity contribution in [3.63, 3.8) is 0 Å². The largest absolute Gasteiger partial charge is 0.241 e. The number of aryl methyl sites for hydroxylation is 4. The third-order valence-electron chi connectivity index (χ3n) is 5.11. The van der Waals surface area contributed by atoms with Gasteiger partial charge in [0, 0.05) is 6.04 Å². The molecule has 4 heteroatoms. The molecule has 0 amide bonds. The zero-order valence-electron chi connectivity index (χ0n) is 15.3. The lowest BCUT2D eigenvalue weighted by Gasteiger charge is -2.22. The molecule has 25 heavy (non-hydrogen) atoms. The van der Waals surface area contributed by atoms with Crippen LogP contribution in [0.2, 0.25) is 0 Å². The van der Waals surface area contributed by atoms with Crippen LogP contribution in [-0.2, 0) is 22.9 Å². The fraction of sp³-hybridized carbons (Fsp3) is 0.429. The van der Waals surface area contributed by atoms with E-state index in [9.17, 15) is 8.42 Å². The first-order chi connectivity index (χ1) is 11.9. The van der Waals surface area contributed by atoms with Crippen LogP contribution in [0.5, 0.6) is 0 Å². The maximum Gasteiger partial charge on any atom is 0.241 e. The molecular formula is C21H27NO2S. The summed E-state index contributed by atoms with van der Waals surface area (Å²) in [6.45, 7) is 5.78. The van der Waals surface area contributed by atoms with Crippen molar-refractivity contribution in [2.75, 3.05) is 0 Å². The molecule has 0 spiro atoms. The molecule has 3 rings (SSSR count). The average molecular weight is 358 g/mol. The summed E-state index contributed by atoms with van der Waals surface area (Å²) in [5.41, 5.74) is 5.60. The summed E-state index contributed by atoms with van der Waals surface area (Å²) in [6.07, 6.45) is 5.44. The molecule has 0 saturated heterocycles. The van der Waals surface area contributed by atoms with Gasteiger partial charge in [0.05, 0.1) is 4.90 Å². The Bertz CT molecular complexity index is 871. The summed E-state index contributed by atoms with van der Waals surface area (Å²) in [5, 5.41) is 0. The molecule has 2 aromatic rings. The zero-order valence-corrected chi connectivity index (χ0v) is 16.1. The molecule has 0 fully saturated rings. The van der Waals surface area contributed by atoms with Crippen LogP contribution >= 0.6 is 0 Å². The summed E-state index contributed by atoms with van der Waals surface area (Å²) in [4.78, 5) is 0.379. The van der Waals surface area contributed by atoms with E-state index < -0.39 is 10.0 Å². The first-order valence-electron chi connectivity index (χ1n) is 9.12. The van der Waals surface area contributed by atoms with E-state index in [1.54, 1.807) is 6.07 Å². The molecule has 1 atom stereocenters. The van der Waals surface area contributed by atoms with Gasteiger partial charge in [-0.05, 0) is 79.8 Å². The quantitative estimate of drug-likeness (QED) is 0.849. The summed E-state index contributed by atoms with van der Waals surface area (Å²) < 4.78 is 28.8. The minimum atomic E-state index is -3.54. The van der Waals surface area contributed by atoms with Gasteiger partial charge in [-0.25, -0.2) is 13.1 Å². The van der Waals surface area contributed by atoms with Crippen molar-refractivity contribution in [3.8, 4) is 0 Å². The smallest absolute Gasteiger partial charge is 0.207 e. The highest BCUT2D eigenvalue weighted by atomic mass is 32.2. The average Bonchev–Trinajstić information content (AvgIpc) is 2.61. The molecule has 134 valence electrons. The van der Waals surface area contributed by atoms with Crippen molar-refractivity contribution in [1.82, 2.24) is 4.72 Å². The lowest BCUT2D eigenvalue weighted by molar-refractivity contribution is 0.548. The molecule has 0 bridgehead atoms. The maximum absolute atomic E-state index is 12.9. The number of sulfonamides is 1. The van der Waals surface area contributed by atoms with Gasteiger partial charge < -0.3 is 0 Å². The van der Waals surface area contributed by atoms with Gasteiger partial charge in [0.1, 0.15) is 0 Å². The Morgan fingerprint density at radius 1 is 1.00 bits per heavy atom. The molecule has 0 radical (unpaired) electrons. The van der Waals surface area contributed by atoms with Gasteiger partial charge in [-0.1, -0.05) is 37.3 Å². The number of hydrogen-bond acceptors (Lipinski definition) is 2. The van der Waals surface area contributed by atoms with Gasteiger partial charge in [-0.15, -0.1) is 0 Å². The summed E-state index contributed by atoms with van der Waals surface area (Å²) in [7, 11) is -3.54. The molecule has 3 nitrogen and oxygen atoms in total. The summed E-state index contributed by atoms with van der Waals surface area (Å²) in [5.74, 6) is 0. The van der Waals surface area contributed by atoms with Crippen molar-refractivity contribution >= 4 is 10.0 Å². The van der Waals surface area contributed by atoms with Crippen LogP contribution in [0.4, 0.5) is 0 Å². The van der Waals surface area contributed by atoms with E-state index in [4.69, 9.17) is 0 Å². The van der Waals surface area contributed by atoms with Crippen LogP contribution < -0.4 is 4.72 Å². The second-order valence-corrected chi connectivity index (χ2v) is 8.77. The van der Waals surface area contributed by atoms with Crippen LogP contribution in [0, 0.1) is 13.8 Å². The minimum Gasteiger partial charge on any atom is -0.207 e. The SMILES string of the molecule is CC[C@H](NS(=O)(=O)c1cc(C)ccc1C)c1ccc2c(c1)CCCC2. The predicted molar refractivity (Wildman–Crippen MR) is 102 cm³/mol. The van der Waals surface area contributed by atoms with Crippen molar-refractivity contribution in [1.29, 1.82) is 0 Å². The molecule has 0 saturated carbocycles. The van der Waals surface area contributed by atoms with E-state index >= 15 is 0 Å². The number of rotatable bonds is 5. The van der Waals surface area contributed by atoms with Crippen LogP contribution in [0.15, 0.2) is 41.3 Å². The Hall–Kier alpha value is -1.65. The van der Waals surface area contributed by atoms with Crippen LogP contribution in [0.25, 0.3) is 0 Å². The number of benzene rings is 2. The first-order valence-corrected chi connectivity index (χ1v) is 10.6. The predicted octanol–water partition coefficient (Wildman–Crippen LogP) is 4.61. The lowest BCUT2D eigenvalue weighted by atomic mass is 9.89. The van der Waals surface area contributed by atoms with E-state index in [-0.39, 0.29) is 6.04 Å². The van der Waals surface area contributed by atoms with Gasteiger partial charge in [-0.2, -0.15) is 0 Å². The highest BCUT2D eigenvalue weighted by Crippen LogP contribution is 2.27. The highest BCUT2D eigenvalue weighted by Gasteiger charge is 2.23. The van der Waals surface area contributed by atoms with Crippen LogP contribution in [0.3, 0.4) is 0 Å². The molecule has 0 aromatic heterocycles. The molecule has 0 heterocycles. The lowest BCUT2D eigenvalue weighted by Crippen LogP contribution is -2.29. The van der Waals surface area contributed by atoms with E-state index in [0.717, 1.165) is 36.0 Å². The Morgan fingerprint density at radius 3 is 2.44 bits per heavy atom. The Morgan fingerprint density at radius 2 is 1.72 bits per heavy atom.